The van der Waals surface area contributed by atoms with Crippen molar-refractivity contribution in [2.75, 3.05) is 10.8 Å². The van der Waals surface area contributed by atoms with E-state index in [1.807, 2.05) is 0 Å². The van der Waals surface area contributed by atoms with Crippen LogP contribution in [0.15, 0.2) is 64.5 Å². The Balaban J connectivity index is 2.59. The van der Waals surface area contributed by atoms with Gasteiger partial charge in [0.25, 0.3) is 15.7 Å². The standard InChI is InChI=1S/C15H12BrFN2O4S/c1-2-8-18(15-7-6-11(16)9-14(15)17)24(22,23)13-5-3-4-12(10-13)19(20)21/h2-7,9-10H,1,8H2. The third-order valence-corrected chi connectivity index (χ3v) is 5.36. The van der Waals surface area contributed by atoms with Gasteiger partial charge >= 0.3 is 0 Å². The largest absolute Gasteiger partial charge is 0.270 e. The first-order valence-corrected chi connectivity index (χ1v) is 8.84. The number of anilines is 1. The van der Waals surface area contributed by atoms with Crippen LogP contribution in [0.25, 0.3) is 0 Å². The Morgan fingerprint density at radius 3 is 2.58 bits per heavy atom. The summed E-state index contributed by atoms with van der Waals surface area (Å²) in [4.78, 5) is 9.85. The minimum atomic E-state index is -4.21. The van der Waals surface area contributed by atoms with Gasteiger partial charge in [-0.05, 0) is 24.3 Å². The second-order valence-electron chi connectivity index (χ2n) is 4.68. The third kappa shape index (κ3) is 3.62. The second-order valence-corrected chi connectivity index (χ2v) is 7.45. The van der Waals surface area contributed by atoms with Gasteiger partial charge in [0.1, 0.15) is 5.82 Å². The predicted octanol–water partition coefficient (Wildman–Crippen LogP) is 3.88. The van der Waals surface area contributed by atoms with E-state index in [0.29, 0.717) is 4.47 Å². The van der Waals surface area contributed by atoms with Crippen LogP contribution in [-0.4, -0.2) is 19.9 Å². The maximum atomic E-state index is 14.2. The summed E-state index contributed by atoms with van der Waals surface area (Å²) >= 11 is 3.10. The molecule has 0 aliphatic rings. The first-order chi connectivity index (χ1) is 11.3. The van der Waals surface area contributed by atoms with Gasteiger partial charge in [-0.1, -0.05) is 28.1 Å². The fourth-order valence-electron chi connectivity index (χ4n) is 2.01. The van der Waals surface area contributed by atoms with E-state index in [-0.39, 0.29) is 22.8 Å². The molecule has 0 saturated heterocycles. The van der Waals surface area contributed by atoms with Crippen molar-refractivity contribution >= 4 is 37.3 Å². The zero-order chi connectivity index (χ0) is 17.9. The van der Waals surface area contributed by atoms with Crippen LogP contribution in [0.5, 0.6) is 0 Å². The maximum Gasteiger partial charge on any atom is 0.270 e. The molecule has 0 spiro atoms. The lowest BCUT2D eigenvalue weighted by atomic mass is 10.3. The Morgan fingerprint density at radius 1 is 1.29 bits per heavy atom. The van der Waals surface area contributed by atoms with Gasteiger partial charge in [-0.25, -0.2) is 12.8 Å². The van der Waals surface area contributed by atoms with Crippen molar-refractivity contribution in [2.24, 2.45) is 0 Å². The van der Waals surface area contributed by atoms with Gasteiger partial charge in [-0.3, -0.25) is 14.4 Å². The van der Waals surface area contributed by atoms with Crippen LogP contribution < -0.4 is 4.31 Å². The Kier molecular flexibility index (Phi) is 5.35. The molecule has 0 atom stereocenters. The number of benzene rings is 2. The molecule has 0 aliphatic heterocycles. The highest BCUT2D eigenvalue weighted by molar-refractivity contribution is 9.10. The van der Waals surface area contributed by atoms with Crippen LogP contribution >= 0.6 is 15.9 Å². The summed E-state index contributed by atoms with van der Waals surface area (Å²) < 4.78 is 41.1. The number of sulfonamides is 1. The summed E-state index contributed by atoms with van der Waals surface area (Å²) in [7, 11) is -4.21. The highest BCUT2D eigenvalue weighted by Crippen LogP contribution is 2.29. The first kappa shape index (κ1) is 18.1. The molecule has 0 bridgehead atoms. The minimum absolute atomic E-state index is 0.176. The van der Waals surface area contributed by atoms with E-state index in [2.05, 4.69) is 22.5 Å². The molecule has 24 heavy (non-hydrogen) atoms. The van der Waals surface area contributed by atoms with E-state index >= 15 is 0 Å². The zero-order valence-electron chi connectivity index (χ0n) is 12.2. The lowest BCUT2D eigenvalue weighted by Crippen LogP contribution is -2.32. The maximum absolute atomic E-state index is 14.2. The molecule has 0 amide bonds. The smallest absolute Gasteiger partial charge is 0.260 e. The summed E-state index contributed by atoms with van der Waals surface area (Å²) in [6.45, 7) is 3.29. The van der Waals surface area contributed by atoms with Gasteiger partial charge < -0.3 is 0 Å². The van der Waals surface area contributed by atoms with Crippen LogP contribution in [0.2, 0.25) is 0 Å². The second kappa shape index (κ2) is 7.10. The van der Waals surface area contributed by atoms with E-state index in [9.17, 15) is 22.9 Å². The number of hydrogen-bond donors (Lipinski definition) is 0. The van der Waals surface area contributed by atoms with Crippen molar-refractivity contribution in [2.45, 2.75) is 4.90 Å². The number of non-ortho nitro benzene ring substituents is 1. The van der Waals surface area contributed by atoms with Gasteiger partial charge in [0.2, 0.25) is 0 Å². The van der Waals surface area contributed by atoms with Crippen molar-refractivity contribution in [3.8, 4) is 0 Å². The highest BCUT2D eigenvalue weighted by Gasteiger charge is 2.27. The zero-order valence-corrected chi connectivity index (χ0v) is 14.6. The quantitative estimate of drug-likeness (QED) is 0.408. The van der Waals surface area contributed by atoms with Gasteiger partial charge in [0, 0.05) is 16.6 Å². The highest BCUT2D eigenvalue weighted by atomic mass is 79.9. The van der Waals surface area contributed by atoms with E-state index in [1.54, 1.807) is 0 Å². The van der Waals surface area contributed by atoms with Crippen LogP contribution in [-0.2, 0) is 10.0 Å². The van der Waals surface area contributed by atoms with Crippen LogP contribution in [0.3, 0.4) is 0 Å². The van der Waals surface area contributed by atoms with Crippen LogP contribution in [0.1, 0.15) is 0 Å². The summed E-state index contributed by atoms with van der Waals surface area (Å²) in [5.74, 6) is -0.750. The van der Waals surface area contributed by atoms with Gasteiger partial charge in [-0.2, -0.15) is 0 Å². The van der Waals surface area contributed by atoms with Gasteiger partial charge in [0.05, 0.1) is 22.1 Å². The third-order valence-electron chi connectivity index (χ3n) is 3.09. The average molecular weight is 415 g/mol. The molecule has 126 valence electrons. The molecule has 0 aromatic heterocycles. The fraction of sp³-hybridized carbons (Fsp3) is 0.0667. The Labute approximate surface area is 146 Å². The van der Waals surface area contributed by atoms with E-state index < -0.39 is 20.8 Å². The molecular weight excluding hydrogens is 403 g/mol. The Hall–Kier alpha value is -2.26. The summed E-state index contributed by atoms with van der Waals surface area (Å²) in [5.41, 5.74) is -0.546. The van der Waals surface area contributed by atoms with E-state index in [1.165, 1.54) is 36.4 Å². The number of halogens is 2. The van der Waals surface area contributed by atoms with Crippen molar-refractivity contribution in [3.63, 3.8) is 0 Å². The average Bonchev–Trinajstić information content (AvgIpc) is 2.53. The van der Waals surface area contributed by atoms with Crippen molar-refractivity contribution < 1.29 is 17.7 Å². The summed E-state index contributed by atoms with van der Waals surface area (Å²) in [6, 6.07) is 8.52. The van der Waals surface area contributed by atoms with E-state index in [0.717, 1.165) is 16.4 Å². The fourth-order valence-corrected chi connectivity index (χ4v) is 3.83. The molecule has 2 rings (SSSR count). The van der Waals surface area contributed by atoms with Crippen molar-refractivity contribution in [1.82, 2.24) is 0 Å². The topological polar surface area (TPSA) is 80.5 Å². The Morgan fingerprint density at radius 2 is 2.00 bits per heavy atom. The molecule has 0 aliphatic carbocycles. The molecule has 0 radical (unpaired) electrons. The number of hydrogen-bond acceptors (Lipinski definition) is 4. The van der Waals surface area contributed by atoms with Crippen LogP contribution in [0.4, 0.5) is 15.8 Å². The lowest BCUT2D eigenvalue weighted by molar-refractivity contribution is -0.385. The molecule has 6 nitrogen and oxygen atoms in total. The summed E-state index contributed by atoms with van der Waals surface area (Å²) in [5, 5.41) is 10.9. The SMILES string of the molecule is C=CCN(c1ccc(Br)cc1F)S(=O)(=O)c1cccc([N+](=O)[O-])c1. The predicted molar refractivity (Wildman–Crippen MR) is 91.9 cm³/mol. The molecule has 0 N–H and O–H groups in total. The minimum Gasteiger partial charge on any atom is -0.260 e. The molecule has 2 aromatic carbocycles. The van der Waals surface area contributed by atoms with E-state index in [4.69, 9.17) is 0 Å². The Bertz CT molecular complexity index is 902. The van der Waals surface area contributed by atoms with Crippen molar-refractivity contribution in [1.29, 1.82) is 0 Å². The normalized spacial score (nSPS) is 11.1. The number of rotatable bonds is 6. The molecule has 2 aromatic rings. The lowest BCUT2D eigenvalue weighted by Gasteiger charge is -2.23. The first-order valence-electron chi connectivity index (χ1n) is 6.60. The van der Waals surface area contributed by atoms with Crippen molar-refractivity contribution in [3.05, 3.63) is 75.5 Å². The molecule has 0 unspecified atom stereocenters. The number of nitro benzene ring substituents is 1. The van der Waals surface area contributed by atoms with Crippen LogP contribution in [0, 0.1) is 15.9 Å². The molecule has 9 heteroatoms. The molecule has 0 saturated carbocycles. The molecule has 0 fully saturated rings. The number of nitro groups is 1. The molecular formula is C15H12BrFN2O4S. The molecule has 0 heterocycles. The number of nitrogens with zero attached hydrogens (tertiary/aromatic N) is 2. The monoisotopic (exact) mass is 414 g/mol. The van der Waals surface area contributed by atoms with Gasteiger partial charge in [-0.15, -0.1) is 6.58 Å². The van der Waals surface area contributed by atoms with Gasteiger partial charge in [0.15, 0.2) is 0 Å². The summed E-state index contributed by atoms with van der Waals surface area (Å²) in [6.07, 6.45) is 1.30.